The van der Waals surface area contributed by atoms with Crippen molar-refractivity contribution in [1.29, 1.82) is 0 Å². The number of nitrogens with one attached hydrogen (secondary N) is 1. The maximum Gasteiger partial charge on any atom is 0.407 e. The Morgan fingerprint density at radius 1 is 1.61 bits per heavy atom. The van der Waals surface area contributed by atoms with Gasteiger partial charge in [0.1, 0.15) is 5.60 Å². The van der Waals surface area contributed by atoms with Gasteiger partial charge in [0.2, 0.25) is 0 Å². The molecule has 0 bridgehead atoms. The summed E-state index contributed by atoms with van der Waals surface area (Å²) in [5, 5.41) is 2.71. The lowest BCUT2D eigenvalue weighted by Gasteiger charge is -2.31. The van der Waals surface area contributed by atoms with Crippen LogP contribution in [0.25, 0.3) is 0 Å². The fraction of sp³-hybridized carbons (Fsp3) is 0.769. The van der Waals surface area contributed by atoms with Crippen LogP contribution in [-0.4, -0.2) is 55.5 Å². The molecule has 1 N–H and O–H groups in total. The molecule has 1 heterocycles. The number of amides is 1. The monoisotopic (exact) mass is 254 g/mol. The molecule has 1 amide bonds. The van der Waals surface area contributed by atoms with Gasteiger partial charge in [-0.2, -0.15) is 0 Å². The molecule has 0 aromatic carbocycles. The van der Waals surface area contributed by atoms with Gasteiger partial charge >= 0.3 is 6.09 Å². The highest BCUT2D eigenvalue weighted by Gasteiger charge is 2.22. The van der Waals surface area contributed by atoms with Gasteiger partial charge in [-0.3, -0.25) is 4.90 Å². The van der Waals surface area contributed by atoms with Crippen LogP contribution in [0.1, 0.15) is 20.8 Å². The molecule has 1 aliphatic heterocycles. The van der Waals surface area contributed by atoms with Gasteiger partial charge in [-0.25, -0.2) is 4.79 Å². The van der Waals surface area contributed by atoms with Crippen LogP contribution in [0, 0.1) is 12.3 Å². The van der Waals surface area contributed by atoms with Gasteiger partial charge in [0.15, 0.2) is 0 Å². The van der Waals surface area contributed by atoms with Crippen molar-refractivity contribution in [2.75, 3.05) is 32.8 Å². The quantitative estimate of drug-likeness (QED) is 0.758. The van der Waals surface area contributed by atoms with E-state index in [1.807, 2.05) is 20.8 Å². The van der Waals surface area contributed by atoms with E-state index in [9.17, 15) is 4.79 Å². The maximum atomic E-state index is 11.5. The molecule has 1 aliphatic rings. The van der Waals surface area contributed by atoms with E-state index in [2.05, 4.69) is 16.1 Å². The third-order valence-electron chi connectivity index (χ3n) is 2.41. The van der Waals surface area contributed by atoms with E-state index in [0.717, 1.165) is 13.1 Å². The number of morpholine rings is 1. The Labute approximate surface area is 109 Å². The number of rotatable bonds is 3. The summed E-state index contributed by atoms with van der Waals surface area (Å²) in [7, 11) is 0. The van der Waals surface area contributed by atoms with Crippen LogP contribution in [0.3, 0.4) is 0 Å². The zero-order valence-corrected chi connectivity index (χ0v) is 11.4. The number of alkyl carbamates (subject to hydrolysis) is 1. The van der Waals surface area contributed by atoms with Crippen molar-refractivity contribution in [2.24, 2.45) is 0 Å². The minimum Gasteiger partial charge on any atom is -0.444 e. The van der Waals surface area contributed by atoms with Crippen molar-refractivity contribution >= 4 is 6.09 Å². The molecule has 0 saturated carbocycles. The van der Waals surface area contributed by atoms with Crippen LogP contribution in [0.2, 0.25) is 0 Å². The van der Waals surface area contributed by atoms with E-state index >= 15 is 0 Å². The van der Waals surface area contributed by atoms with Crippen molar-refractivity contribution in [2.45, 2.75) is 32.5 Å². The second-order valence-corrected chi connectivity index (χ2v) is 5.31. The zero-order valence-electron chi connectivity index (χ0n) is 11.4. The summed E-state index contributed by atoms with van der Waals surface area (Å²) in [6, 6.07) is 0. The summed E-state index contributed by atoms with van der Waals surface area (Å²) < 4.78 is 10.7. The summed E-state index contributed by atoms with van der Waals surface area (Å²) in [4.78, 5) is 13.6. The van der Waals surface area contributed by atoms with E-state index in [4.69, 9.17) is 15.9 Å². The number of carbonyl (C=O) groups is 1. The minimum absolute atomic E-state index is 0.0281. The second-order valence-electron chi connectivity index (χ2n) is 5.31. The Bertz CT molecular complexity index is 317. The first kappa shape index (κ1) is 14.8. The molecule has 1 atom stereocenters. The molecule has 1 saturated heterocycles. The van der Waals surface area contributed by atoms with Crippen LogP contribution in [0.4, 0.5) is 4.79 Å². The Hall–Kier alpha value is -1.25. The third-order valence-corrected chi connectivity index (χ3v) is 2.41. The molecule has 18 heavy (non-hydrogen) atoms. The standard InChI is InChI=1S/C13H22N2O3/c1-5-6-15-7-8-17-11(10-15)9-14-12(16)18-13(2,3)4/h1,11H,6-10H2,2-4H3,(H,14,16)/t11-/m0/s1. The Balaban J connectivity index is 2.26. The molecule has 1 fully saturated rings. The van der Waals surface area contributed by atoms with E-state index in [-0.39, 0.29) is 6.10 Å². The number of hydrogen-bond acceptors (Lipinski definition) is 4. The van der Waals surface area contributed by atoms with Gasteiger partial charge in [0.25, 0.3) is 0 Å². The maximum absolute atomic E-state index is 11.5. The average molecular weight is 254 g/mol. The highest BCUT2D eigenvalue weighted by atomic mass is 16.6. The van der Waals surface area contributed by atoms with Crippen LogP contribution >= 0.6 is 0 Å². The number of ether oxygens (including phenoxy) is 2. The van der Waals surface area contributed by atoms with Crippen molar-refractivity contribution in [3.05, 3.63) is 0 Å². The van der Waals surface area contributed by atoms with Crippen LogP contribution in [0.15, 0.2) is 0 Å². The Kier molecular flexibility index (Phi) is 5.45. The molecule has 0 aromatic heterocycles. The molecule has 102 valence electrons. The van der Waals surface area contributed by atoms with Gasteiger partial charge < -0.3 is 14.8 Å². The summed E-state index contributed by atoms with van der Waals surface area (Å²) in [6.45, 7) is 8.77. The lowest BCUT2D eigenvalue weighted by atomic mass is 10.2. The van der Waals surface area contributed by atoms with E-state index in [1.165, 1.54) is 0 Å². The van der Waals surface area contributed by atoms with Gasteiger partial charge in [-0.1, -0.05) is 5.92 Å². The first-order valence-electron chi connectivity index (χ1n) is 6.15. The van der Waals surface area contributed by atoms with Crippen LogP contribution in [0.5, 0.6) is 0 Å². The van der Waals surface area contributed by atoms with Crippen molar-refractivity contribution in [3.63, 3.8) is 0 Å². The molecule has 1 rings (SSSR count). The highest BCUT2D eigenvalue weighted by Crippen LogP contribution is 2.07. The normalized spacial score (nSPS) is 21.1. The molecule has 0 spiro atoms. The minimum atomic E-state index is -0.479. The fourth-order valence-electron chi connectivity index (χ4n) is 1.69. The molecular formula is C13H22N2O3. The van der Waals surface area contributed by atoms with Crippen molar-refractivity contribution < 1.29 is 14.3 Å². The smallest absolute Gasteiger partial charge is 0.407 e. The second kappa shape index (κ2) is 6.62. The lowest BCUT2D eigenvalue weighted by molar-refractivity contribution is -0.0242. The number of terminal acetylenes is 1. The predicted octanol–water partition coefficient (Wildman–Crippen LogP) is 0.845. The molecule has 5 nitrogen and oxygen atoms in total. The number of hydrogen-bond donors (Lipinski definition) is 1. The summed E-state index contributed by atoms with van der Waals surface area (Å²) in [5.74, 6) is 2.61. The summed E-state index contributed by atoms with van der Waals surface area (Å²) in [6.07, 6.45) is 4.83. The molecular weight excluding hydrogens is 232 g/mol. The SMILES string of the molecule is C#CCN1CCO[C@@H](CNC(=O)OC(C)(C)C)C1. The lowest BCUT2D eigenvalue weighted by Crippen LogP contribution is -2.48. The van der Waals surface area contributed by atoms with Gasteiger partial charge in [0.05, 0.1) is 19.3 Å². The van der Waals surface area contributed by atoms with Crippen molar-refractivity contribution in [3.8, 4) is 12.3 Å². The number of nitrogens with zero attached hydrogens (tertiary/aromatic N) is 1. The van der Waals surface area contributed by atoms with Gasteiger partial charge in [-0.05, 0) is 20.8 Å². The topological polar surface area (TPSA) is 50.8 Å². The van der Waals surface area contributed by atoms with Crippen LogP contribution in [-0.2, 0) is 9.47 Å². The average Bonchev–Trinajstić information content (AvgIpc) is 2.25. The third kappa shape index (κ3) is 5.89. The first-order valence-corrected chi connectivity index (χ1v) is 6.15. The number of carbonyl (C=O) groups excluding carboxylic acids is 1. The highest BCUT2D eigenvalue weighted by molar-refractivity contribution is 5.67. The molecule has 0 aliphatic carbocycles. The summed E-state index contributed by atoms with van der Waals surface area (Å²) >= 11 is 0. The van der Waals surface area contributed by atoms with E-state index < -0.39 is 11.7 Å². The Morgan fingerprint density at radius 2 is 2.33 bits per heavy atom. The van der Waals surface area contributed by atoms with E-state index in [0.29, 0.717) is 19.7 Å². The first-order chi connectivity index (χ1) is 8.40. The molecule has 5 heteroatoms. The van der Waals surface area contributed by atoms with E-state index in [1.54, 1.807) is 0 Å². The van der Waals surface area contributed by atoms with Gasteiger partial charge in [-0.15, -0.1) is 6.42 Å². The molecule has 0 radical (unpaired) electrons. The van der Waals surface area contributed by atoms with Crippen LogP contribution < -0.4 is 5.32 Å². The largest absolute Gasteiger partial charge is 0.444 e. The fourth-order valence-corrected chi connectivity index (χ4v) is 1.69. The molecule has 0 aromatic rings. The van der Waals surface area contributed by atoms with Gasteiger partial charge in [0, 0.05) is 19.6 Å². The zero-order chi connectivity index (χ0) is 13.6. The predicted molar refractivity (Wildman–Crippen MR) is 69.2 cm³/mol. The summed E-state index contributed by atoms with van der Waals surface area (Å²) in [5.41, 5.74) is -0.479. The van der Waals surface area contributed by atoms with Crippen molar-refractivity contribution in [1.82, 2.24) is 10.2 Å². The molecule has 0 unspecified atom stereocenters. The Morgan fingerprint density at radius 3 is 2.94 bits per heavy atom.